The quantitative estimate of drug-likeness (QED) is 0.784. The van der Waals surface area contributed by atoms with Crippen LogP contribution in [0, 0.1) is 0 Å². The average Bonchev–Trinajstić information content (AvgIpc) is 2.99. The number of amides is 1. The molecule has 2 heterocycles. The molecular formula is C13H18N6O. The molecule has 7 heteroatoms. The van der Waals surface area contributed by atoms with Gasteiger partial charge in [-0.05, 0) is 18.6 Å². The van der Waals surface area contributed by atoms with E-state index in [0.29, 0.717) is 18.7 Å². The van der Waals surface area contributed by atoms with Gasteiger partial charge in [0.1, 0.15) is 5.82 Å². The van der Waals surface area contributed by atoms with Crippen molar-refractivity contribution in [1.82, 2.24) is 25.3 Å². The second-order valence-electron chi connectivity index (χ2n) is 4.28. The zero-order valence-corrected chi connectivity index (χ0v) is 11.4. The summed E-state index contributed by atoms with van der Waals surface area (Å²) in [5.41, 5.74) is 0.547. The largest absolute Gasteiger partial charge is 0.370 e. The Labute approximate surface area is 117 Å². The predicted octanol–water partition coefficient (Wildman–Crippen LogP) is 0.925. The standard InChI is InChI=1S/C13H18N6O/c1-2-5-14-12-4-3-11(10-16-12)13(20)15-6-8-19-9-7-17-18-19/h3-4,7,9-10H,2,5-6,8H2,1H3,(H,14,16)(H,15,20). The van der Waals surface area contributed by atoms with E-state index in [1.807, 2.05) is 6.07 Å². The van der Waals surface area contributed by atoms with Crippen LogP contribution in [-0.4, -0.2) is 39.0 Å². The van der Waals surface area contributed by atoms with E-state index >= 15 is 0 Å². The Balaban J connectivity index is 1.79. The van der Waals surface area contributed by atoms with Crippen LogP contribution in [0.2, 0.25) is 0 Å². The maximum absolute atomic E-state index is 11.9. The first-order chi connectivity index (χ1) is 9.79. The molecule has 0 spiro atoms. The molecule has 0 saturated heterocycles. The van der Waals surface area contributed by atoms with Gasteiger partial charge in [-0.15, -0.1) is 5.10 Å². The van der Waals surface area contributed by atoms with Gasteiger partial charge in [-0.2, -0.15) is 0 Å². The molecule has 0 radical (unpaired) electrons. The summed E-state index contributed by atoms with van der Waals surface area (Å²) in [7, 11) is 0. The summed E-state index contributed by atoms with van der Waals surface area (Å²) >= 11 is 0. The monoisotopic (exact) mass is 274 g/mol. The number of anilines is 1. The number of nitrogens with one attached hydrogen (secondary N) is 2. The molecule has 2 rings (SSSR count). The molecule has 0 atom stereocenters. The van der Waals surface area contributed by atoms with E-state index < -0.39 is 0 Å². The lowest BCUT2D eigenvalue weighted by molar-refractivity contribution is 0.0951. The first-order valence-corrected chi connectivity index (χ1v) is 6.62. The van der Waals surface area contributed by atoms with E-state index in [9.17, 15) is 4.79 Å². The molecule has 2 aromatic rings. The van der Waals surface area contributed by atoms with Crippen LogP contribution in [0.3, 0.4) is 0 Å². The number of hydrogen-bond donors (Lipinski definition) is 2. The molecule has 0 saturated carbocycles. The van der Waals surface area contributed by atoms with Gasteiger partial charge in [0.05, 0.1) is 18.3 Å². The number of carbonyl (C=O) groups excluding carboxylic acids is 1. The van der Waals surface area contributed by atoms with Crippen molar-refractivity contribution in [3.05, 3.63) is 36.3 Å². The second-order valence-corrected chi connectivity index (χ2v) is 4.28. The van der Waals surface area contributed by atoms with Crippen LogP contribution in [0.5, 0.6) is 0 Å². The van der Waals surface area contributed by atoms with Crippen molar-refractivity contribution in [3.8, 4) is 0 Å². The van der Waals surface area contributed by atoms with Crippen molar-refractivity contribution in [3.63, 3.8) is 0 Å². The summed E-state index contributed by atoms with van der Waals surface area (Å²) in [5.74, 6) is 0.644. The zero-order valence-electron chi connectivity index (χ0n) is 11.4. The fourth-order valence-corrected chi connectivity index (χ4v) is 1.62. The van der Waals surface area contributed by atoms with Crippen molar-refractivity contribution >= 4 is 11.7 Å². The lowest BCUT2D eigenvalue weighted by Gasteiger charge is -2.06. The van der Waals surface area contributed by atoms with Crippen LogP contribution in [0.15, 0.2) is 30.7 Å². The number of hydrogen-bond acceptors (Lipinski definition) is 5. The number of carbonyl (C=O) groups is 1. The Morgan fingerprint density at radius 2 is 2.25 bits per heavy atom. The highest BCUT2D eigenvalue weighted by Gasteiger charge is 2.05. The van der Waals surface area contributed by atoms with Crippen molar-refractivity contribution in [2.45, 2.75) is 19.9 Å². The minimum Gasteiger partial charge on any atom is -0.370 e. The highest BCUT2D eigenvalue weighted by atomic mass is 16.1. The van der Waals surface area contributed by atoms with Crippen molar-refractivity contribution in [1.29, 1.82) is 0 Å². The van der Waals surface area contributed by atoms with Crippen LogP contribution in [0.25, 0.3) is 0 Å². The minimum atomic E-state index is -0.139. The molecule has 2 aromatic heterocycles. The minimum absolute atomic E-state index is 0.139. The van der Waals surface area contributed by atoms with Crippen LogP contribution < -0.4 is 10.6 Å². The molecule has 106 valence electrons. The SMILES string of the molecule is CCCNc1ccc(C(=O)NCCn2ccnn2)cn1. The van der Waals surface area contributed by atoms with E-state index in [4.69, 9.17) is 0 Å². The molecule has 0 fully saturated rings. The van der Waals surface area contributed by atoms with E-state index in [1.54, 1.807) is 29.3 Å². The Hall–Kier alpha value is -2.44. The maximum Gasteiger partial charge on any atom is 0.252 e. The number of aromatic nitrogens is 4. The molecule has 0 bridgehead atoms. The molecule has 0 aromatic carbocycles. The fraction of sp³-hybridized carbons (Fsp3) is 0.385. The van der Waals surface area contributed by atoms with E-state index in [2.05, 4.69) is 32.9 Å². The molecular weight excluding hydrogens is 256 g/mol. The summed E-state index contributed by atoms with van der Waals surface area (Å²) < 4.78 is 1.66. The predicted molar refractivity (Wildman–Crippen MR) is 75.4 cm³/mol. The lowest BCUT2D eigenvalue weighted by Crippen LogP contribution is -2.27. The molecule has 1 amide bonds. The van der Waals surface area contributed by atoms with E-state index in [-0.39, 0.29) is 5.91 Å². The Morgan fingerprint density at radius 1 is 1.35 bits per heavy atom. The highest BCUT2D eigenvalue weighted by molar-refractivity contribution is 5.93. The van der Waals surface area contributed by atoms with Crippen molar-refractivity contribution in [2.24, 2.45) is 0 Å². The van der Waals surface area contributed by atoms with Crippen LogP contribution in [0.1, 0.15) is 23.7 Å². The van der Waals surface area contributed by atoms with Gasteiger partial charge in [0.25, 0.3) is 5.91 Å². The summed E-state index contributed by atoms with van der Waals surface area (Å²) in [5, 5.41) is 13.5. The molecule has 0 unspecified atom stereocenters. The third kappa shape index (κ3) is 4.04. The number of pyridine rings is 1. The van der Waals surface area contributed by atoms with Gasteiger partial charge < -0.3 is 10.6 Å². The maximum atomic E-state index is 11.9. The molecule has 0 aliphatic heterocycles. The topological polar surface area (TPSA) is 84.7 Å². The summed E-state index contributed by atoms with van der Waals surface area (Å²) in [6.07, 6.45) is 5.96. The Morgan fingerprint density at radius 3 is 2.90 bits per heavy atom. The molecule has 2 N–H and O–H groups in total. The molecule has 0 aliphatic carbocycles. The van der Waals surface area contributed by atoms with E-state index in [0.717, 1.165) is 18.8 Å². The Kier molecular flexibility index (Phi) is 5.05. The summed E-state index contributed by atoms with van der Waals surface area (Å²) in [6, 6.07) is 3.57. The molecule has 20 heavy (non-hydrogen) atoms. The third-order valence-electron chi connectivity index (χ3n) is 2.68. The van der Waals surface area contributed by atoms with Gasteiger partial charge in [0.15, 0.2) is 0 Å². The van der Waals surface area contributed by atoms with Crippen LogP contribution >= 0.6 is 0 Å². The van der Waals surface area contributed by atoms with Gasteiger partial charge in [-0.3, -0.25) is 9.48 Å². The number of rotatable bonds is 7. The highest BCUT2D eigenvalue weighted by Crippen LogP contribution is 2.04. The zero-order chi connectivity index (χ0) is 14.2. The fourth-order valence-electron chi connectivity index (χ4n) is 1.62. The van der Waals surface area contributed by atoms with Crippen molar-refractivity contribution in [2.75, 3.05) is 18.4 Å². The molecule has 0 aliphatic rings. The number of nitrogens with zero attached hydrogens (tertiary/aromatic N) is 4. The second kappa shape index (κ2) is 7.22. The van der Waals surface area contributed by atoms with Gasteiger partial charge in [0.2, 0.25) is 0 Å². The Bertz CT molecular complexity index is 522. The average molecular weight is 274 g/mol. The van der Waals surface area contributed by atoms with Crippen LogP contribution in [-0.2, 0) is 6.54 Å². The van der Waals surface area contributed by atoms with Gasteiger partial charge in [-0.25, -0.2) is 4.98 Å². The first-order valence-electron chi connectivity index (χ1n) is 6.62. The van der Waals surface area contributed by atoms with Gasteiger partial charge in [-0.1, -0.05) is 12.1 Å². The summed E-state index contributed by atoms with van der Waals surface area (Å²) in [4.78, 5) is 16.1. The van der Waals surface area contributed by atoms with E-state index in [1.165, 1.54) is 0 Å². The van der Waals surface area contributed by atoms with Crippen LogP contribution in [0.4, 0.5) is 5.82 Å². The molecule has 7 nitrogen and oxygen atoms in total. The summed E-state index contributed by atoms with van der Waals surface area (Å²) in [6.45, 7) is 4.05. The van der Waals surface area contributed by atoms with Crippen molar-refractivity contribution < 1.29 is 4.79 Å². The lowest BCUT2D eigenvalue weighted by atomic mass is 10.2. The third-order valence-corrected chi connectivity index (χ3v) is 2.68. The first kappa shape index (κ1) is 14.0. The van der Waals surface area contributed by atoms with Gasteiger partial charge in [0, 0.05) is 25.5 Å². The smallest absolute Gasteiger partial charge is 0.252 e. The van der Waals surface area contributed by atoms with Gasteiger partial charge >= 0.3 is 0 Å². The normalized spacial score (nSPS) is 10.2.